The van der Waals surface area contributed by atoms with Crippen LogP contribution in [0, 0.1) is 18.8 Å². The summed E-state index contributed by atoms with van der Waals surface area (Å²) in [6.45, 7) is 1.41. The summed E-state index contributed by atoms with van der Waals surface area (Å²) in [5.74, 6) is 3.48. The van der Waals surface area contributed by atoms with Crippen LogP contribution in [0.5, 0.6) is 0 Å². The molecule has 24 heavy (non-hydrogen) atoms. The molecule has 130 valence electrons. The van der Waals surface area contributed by atoms with Gasteiger partial charge in [-0.25, -0.2) is 10.8 Å². The van der Waals surface area contributed by atoms with Crippen molar-refractivity contribution in [1.29, 1.82) is 0 Å². The lowest BCUT2D eigenvalue weighted by Crippen LogP contribution is -2.50. The molecule has 0 spiro atoms. The number of rotatable bonds is 2. The minimum atomic E-state index is -4.56. The van der Waals surface area contributed by atoms with E-state index in [0.717, 1.165) is 23.5 Å². The zero-order valence-electron chi connectivity index (χ0n) is 12.9. The van der Waals surface area contributed by atoms with Gasteiger partial charge in [-0.3, -0.25) is 19.9 Å². The number of nitrogens with two attached hydrogens (primary N) is 1. The lowest BCUT2D eigenvalue weighted by Gasteiger charge is -2.26. The summed E-state index contributed by atoms with van der Waals surface area (Å²) in [6, 6.07) is 0.788. The van der Waals surface area contributed by atoms with Crippen LogP contribution in [0.1, 0.15) is 30.5 Å². The Labute approximate surface area is 136 Å². The standard InChI is InChI=1S/C15H17F3N4O2/c1-7-5-8(15(16,17)18)6-11(20-7)22-12(13(23)21-19)9-3-2-4-10(9)14(22)24/h5-6,9-10,12H,2-4,19H2,1H3,(H,21,23). The van der Waals surface area contributed by atoms with Crippen LogP contribution in [-0.4, -0.2) is 22.8 Å². The number of anilines is 1. The quantitative estimate of drug-likeness (QED) is 0.485. The third-order valence-corrected chi connectivity index (χ3v) is 4.73. The van der Waals surface area contributed by atoms with Crippen LogP contribution in [0.3, 0.4) is 0 Å². The molecule has 3 N–H and O–H groups in total. The first-order valence-electron chi connectivity index (χ1n) is 7.63. The molecular formula is C15H17F3N4O2. The van der Waals surface area contributed by atoms with E-state index in [4.69, 9.17) is 5.84 Å². The minimum Gasteiger partial charge on any atom is -0.292 e. The van der Waals surface area contributed by atoms with Crippen molar-refractivity contribution >= 4 is 17.6 Å². The van der Waals surface area contributed by atoms with E-state index in [-0.39, 0.29) is 29.3 Å². The average molecular weight is 342 g/mol. The summed E-state index contributed by atoms with van der Waals surface area (Å²) in [7, 11) is 0. The van der Waals surface area contributed by atoms with Gasteiger partial charge in [0, 0.05) is 17.5 Å². The highest BCUT2D eigenvalue weighted by atomic mass is 19.4. The number of hydrazine groups is 1. The number of halogens is 3. The van der Waals surface area contributed by atoms with Gasteiger partial charge >= 0.3 is 6.18 Å². The second-order valence-electron chi connectivity index (χ2n) is 6.22. The van der Waals surface area contributed by atoms with Gasteiger partial charge in [0.1, 0.15) is 11.9 Å². The van der Waals surface area contributed by atoms with Crippen LogP contribution in [0.4, 0.5) is 19.0 Å². The van der Waals surface area contributed by atoms with E-state index in [1.165, 1.54) is 6.92 Å². The molecule has 3 rings (SSSR count). The molecule has 0 aromatic carbocycles. The Bertz CT molecular complexity index is 692. The van der Waals surface area contributed by atoms with Crippen LogP contribution in [0.25, 0.3) is 0 Å². The molecule has 2 fully saturated rings. The number of fused-ring (bicyclic) bond motifs is 1. The summed E-state index contributed by atoms with van der Waals surface area (Å²) in [6.07, 6.45) is -2.49. The van der Waals surface area contributed by atoms with Gasteiger partial charge in [-0.1, -0.05) is 6.42 Å². The average Bonchev–Trinajstić information content (AvgIpc) is 3.07. The SMILES string of the molecule is Cc1cc(C(F)(F)F)cc(N2C(=O)C3CCCC3C2C(=O)NN)n1. The molecule has 1 aromatic heterocycles. The highest BCUT2D eigenvalue weighted by molar-refractivity contribution is 6.05. The number of aryl methyl sites for hydroxylation is 1. The van der Waals surface area contributed by atoms with Crippen LogP contribution < -0.4 is 16.2 Å². The number of hydrogen-bond donors (Lipinski definition) is 2. The Morgan fingerprint density at radius 2 is 2.08 bits per heavy atom. The zero-order chi connectivity index (χ0) is 17.6. The highest BCUT2D eigenvalue weighted by Crippen LogP contribution is 2.45. The molecular weight excluding hydrogens is 325 g/mol. The Morgan fingerprint density at radius 3 is 2.71 bits per heavy atom. The molecule has 1 aromatic rings. The van der Waals surface area contributed by atoms with Gasteiger partial charge in [0.2, 0.25) is 5.91 Å². The van der Waals surface area contributed by atoms with Crippen LogP contribution >= 0.6 is 0 Å². The molecule has 1 aliphatic heterocycles. The Balaban J connectivity index is 2.08. The van der Waals surface area contributed by atoms with Crippen molar-refractivity contribution in [3.63, 3.8) is 0 Å². The number of aromatic nitrogens is 1. The Kier molecular flexibility index (Phi) is 3.98. The summed E-state index contributed by atoms with van der Waals surface area (Å²) >= 11 is 0. The lowest BCUT2D eigenvalue weighted by atomic mass is 9.93. The second kappa shape index (κ2) is 5.73. The number of amides is 2. The van der Waals surface area contributed by atoms with E-state index in [0.29, 0.717) is 12.8 Å². The van der Waals surface area contributed by atoms with Crippen molar-refractivity contribution in [1.82, 2.24) is 10.4 Å². The maximum atomic E-state index is 13.1. The van der Waals surface area contributed by atoms with Gasteiger partial charge in [0.15, 0.2) is 0 Å². The number of nitrogens with one attached hydrogen (secondary N) is 1. The van der Waals surface area contributed by atoms with Gasteiger partial charge in [-0.15, -0.1) is 0 Å². The van der Waals surface area contributed by atoms with Crippen LogP contribution in [-0.2, 0) is 15.8 Å². The van der Waals surface area contributed by atoms with Crippen molar-refractivity contribution in [3.8, 4) is 0 Å². The van der Waals surface area contributed by atoms with Gasteiger partial charge in [-0.05, 0) is 31.9 Å². The van der Waals surface area contributed by atoms with Crippen molar-refractivity contribution in [2.45, 2.75) is 38.4 Å². The molecule has 3 atom stereocenters. The van der Waals surface area contributed by atoms with Crippen molar-refractivity contribution < 1.29 is 22.8 Å². The lowest BCUT2D eigenvalue weighted by molar-refractivity contribution is -0.137. The first-order chi connectivity index (χ1) is 11.2. The number of pyridine rings is 1. The van der Waals surface area contributed by atoms with Crippen LogP contribution in [0.15, 0.2) is 12.1 Å². The number of carbonyl (C=O) groups excluding carboxylic acids is 2. The van der Waals surface area contributed by atoms with E-state index in [9.17, 15) is 22.8 Å². The first-order valence-corrected chi connectivity index (χ1v) is 7.63. The molecule has 3 unspecified atom stereocenters. The van der Waals surface area contributed by atoms with Gasteiger partial charge < -0.3 is 0 Å². The maximum Gasteiger partial charge on any atom is 0.416 e. The number of carbonyl (C=O) groups is 2. The van der Waals surface area contributed by atoms with Gasteiger partial charge in [0.05, 0.1) is 5.56 Å². The maximum absolute atomic E-state index is 13.1. The predicted molar refractivity (Wildman–Crippen MR) is 78.4 cm³/mol. The van der Waals surface area contributed by atoms with E-state index in [1.807, 2.05) is 5.43 Å². The summed E-state index contributed by atoms with van der Waals surface area (Å²) in [5.41, 5.74) is 1.24. The molecule has 1 aliphatic carbocycles. The third kappa shape index (κ3) is 2.62. The van der Waals surface area contributed by atoms with E-state index in [1.54, 1.807) is 0 Å². The smallest absolute Gasteiger partial charge is 0.292 e. The molecule has 2 aliphatic rings. The summed E-state index contributed by atoms with van der Waals surface area (Å²) < 4.78 is 39.2. The largest absolute Gasteiger partial charge is 0.416 e. The second-order valence-corrected chi connectivity index (χ2v) is 6.22. The molecule has 1 saturated heterocycles. The van der Waals surface area contributed by atoms with Crippen molar-refractivity contribution in [3.05, 3.63) is 23.4 Å². The fourth-order valence-electron chi connectivity index (χ4n) is 3.77. The predicted octanol–water partition coefficient (Wildman–Crippen LogP) is 1.53. The topological polar surface area (TPSA) is 88.3 Å². The fourth-order valence-corrected chi connectivity index (χ4v) is 3.77. The Morgan fingerprint density at radius 1 is 1.38 bits per heavy atom. The van der Waals surface area contributed by atoms with E-state index >= 15 is 0 Å². The fraction of sp³-hybridized carbons (Fsp3) is 0.533. The molecule has 6 nitrogen and oxygen atoms in total. The molecule has 0 bridgehead atoms. The van der Waals surface area contributed by atoms with Gasteiger partial charge in [-0.2, -0.15) is 13.2 Å². The molecule has 2 heterocycles. The highest BCUT2D eigenvalue weighted by Gasteiger charge is 2.54. The first kappa shape index (κ1) is 16.7. The minimum absolute atomic E-state index is 0.122. The normalized spacial score (nSPS) is 26.6. The Hall–Kier alpha value is -2.16. The van der Waals surface area contributed by atoms with Gasteiger partial charge in [0.25, 0.3) is 5.91 Å². The molecule has 0 radical (unpaired) electrons. The zero-order valence-corrected chi connectivity index (χ0v) is 12.9. The van der Waals surface area contributed by atoms with E-state index < -0.39 is 23.7 Å². The van der Waals surface area contributed by atoms with Crippen LogP contribution in [0.2, 0.25) is 0 Å². The van der Waals surface area contributed by atoms with Crippen molar-refractivity contribution in [2.24, 2.45) is 17.7 Å². The third-order valence-electron chi connectivity index (χ3n) is 4.73. The number of nitrogens with zero attached hydrogens (tertiary/aromatic N) is 2. The summed E-state index contributed by atoms with van der Waals surface area (Å²) in [4.78, 5) is 30.0. The van der Waals surface area contributed by atoms with E-state index in [2.05, 4.69) is 4.98 Å². The summed E-state index contributed by atoms with van der Waals surface area (Å²) in [5, 5.41) is 0. The number of alkyl halides is 3. The number of hydrogen-bond acceptors (Lipinski definition) is 4. The monoisotopic (exact) mass is 342 g/mol. The molecule has 1 saturated carbocycles. The van der Waals surface area contributed by atoms with Crippen molar-refractivity contribution in [2.75, 3.05) is 4.90 Å². The molecule has 9 heteroatoms. The molecule has 2 amide bonds.